The summed E-state index contributed by atoms with van der Waals surface area (Å²) in [6.07, 6.45) is 0. The SMILES string of the molecule is CCOC(=O)c1cc(C#N)c(F)c(CBr)c1. The maximum absolute atomic E-state index is 13.5. The van der Waals surface area contributed by atoms with Crippen LogP contribution in [0.25, 0.3) is 0 Å². The van der Waals surface area contributed by atoms with Crippen molar-refractivity contribution < 1.29 is 13.9 Å². The summed E-state index contributed by atoms with van der Waals surface area (Å²) in [5, 5.41) is 8.95. The van der Waals surface area contributed by atoms with E-state index in [9.17, 15) is 9.18 Å². The van der Waals surface area contributed by atoms with E-state index in [1.54, 1.807) is 13.0 Å². The molecule has 1 aromatic carbocycles. The minimum Gasteiger partial charge on any atom is -0.462 e. The highest BCUT2D eigenvalue weighted by Crippen LogP contribution is 2.18. The van der Waals surface area contributed by atoms with Gasteiger partial charge in [0.2, 0.25) is 0 Å². The van der Waals surface area contributed by atoms with Crippen molar-refractivity contribution in [2.75, 3.05) is 6.61 Å². The second-order valence-corrected chi connectivity index (χ2v) is 3.52. The number of carbonyl (C=O) groups is 1. The van der Waals surface area contributed by atoms with Gasteiger partial charge in [-0.3, -0.25) is 0 Å². The highest BCUT2D eigenvalue weighted by Gasteiger charge is 2.14. The van der Waals surface area contributed by atoms with Gasteiger partial charge in [0.05, 0.1) is 17.7 Å². The topological polar surface area (TPSA) is 50.1 Å². The van der Waals surface area contributed by atoms with Crippen molar-refractivity contribution in [1.29, 1.82) is 5.26 Å². The molecule has 1 aromatic rings. The van der Waals surface area contributed by atoms with E-state index in [1.807, 2.05) is 0 Å². The predicted molar refractivity (Wildman–Crippen MR) is 59.7 cm³/mol. The Kier molecular flexibility index (Phi) is 4.44. The summed E-state index contributed by atoms with van der Waals surface area (Å²) in [6.45, 7) is 1.92. The van der Waals surface area contributed by atoms with E-state index in [1.165, 1.54) is 12.1 Å². The van der Waals surface area contributed by atoms with E-state index in [0.717, 1.165) is 0 Å². The number of halogens is 2. The van der Waals surface area contributed by atoms with Crippen LogP contribution in [0.15, 0.2) is 12.1 Å². The number of benzene rings is 1. The summed E-state index contributed by atoms with van der Waals surface area (Å²) >= 11 is 3.09. The molecule has 84 valence electrons. The number of hydrogen-bond acceptors (Lipinski definition) is 3. The van der Waals surface area contributed by atoms with Gasteiger partial charge in [-0.05, 0) is 19.1 Å². The van der Waals surface area contributed by atoms with E-state index in [0.29, 0.717) is 0 Å². The van der Waals surface area contributed by atoms with Crippen LogP contribution in [0.5, 0.6) is 0 Å². The minimum atomic E-state index is -0.604. The fraction of sp³-hybridized carbons (Fsp3) is 0.273. The molecule has 0 spiro atoms. The standard InChI is InChI=1S/C11H9BrFNO2/c1-2-16-11(15)7-3-8(5-12)10(13)9(4-7)6-14/h3-4H,2,5H2,1H3. The van der Waals surface area contributed by atoms with Crippen LogP contribution in [0.4, 0.5) is 4.39 Å². The number of hydrogen-bond donors (Lipinski definition) is 0. The summed E-state index contributed by atoms with van der Waals surface area (Å²) in [4.78, 5) is 11.4. The maximum atomic E-state index is 13.5. The zero-order chi connectivity index (χ0) is 12.1. The molecule has 0 aliphatic carbocycles. The zero-order valence-corrected chi connectivity index (χ0v) is 10.2. The lowest BCUT2D eigenvalue weighted by Gasteiger charge is -2.06. The summed E-state index contributed by atoms with van der Waals surface area (Å²) < 4.78 is 18.3. The molecule has 0 saturated carbocycles. The molecule has 1 rings (SSSR count). The van der Waals surface area contributed by atoms with Crippen LogP contribution in [-0.4, -0.2) is 12.6 Å². The van der Waals surface area contributed by atoms with Crippen molar-refractivity contribution in [3.8, 4) is 6.07 Å². The molecular formula is C11H9BrFNO2. The average Bonchev–Trinajstić information content (AvgIpc) is 2.29. The Morgan fingerprint density at radius 3 is 2.81 bits per heavy atom. The Morgan fingerprint density at radius 1 is 1.62 bits per heavy atom. The largest absolute Gasteiger partial charge is 0.462 e. The number of alkyl halides is 1. The molecule has 0 heterocycles. The van der Waals surface area contributed by atoms with Gasteiger partial charge in [-0.15, -0.1) is 0 Å². The van der Waals surface area contributed by atoms with Crippen molar-refractivity contribution in [1.82, 2.24) is 0 Å². The lowest BCUT2D eigenvalue weighted by atomic mass is 10.1. The zero-order valence-electron chi connectivity index (χ0n) is 8.59. The number of carbonyl (C=O) groups excluding carboxylic acids is 1. The van der Waals surface area contributed by atoms with E-state index < -0.39 is 11.8 Å². The third-order valence-electron chi connectivity index (χ3n) is 1.92. The Labute approximate surface area is 101 Å². The molecule has 0 amide bonds. The monoisotopic (exact) mass is 285 g/mol. The molecule has 0 fully saturated rings. The van der Waals surface area contributed by atoms with Crippen LogP contribution in [0, 0.1) is 17.1 Å². The highest BCUT2D eigenvalue weighted by atomic mass is 79.9. The Morgan fingerprint density at radius 2 is 2.31 bits per heavy atom. The van der Waals surface area contributed by atoms with Crippen molar-refractivity contribution in [2.24, 2.45) is 0 Å². The van der Waals surface area contributed by atoms with Crippen LogP contribution in [0.3, 0.4) is 0 Å². The van der Waals surface area contributed by atoms with Gasteiger partial charge in [0.25, 0.3) is 0 Å². The lowest BCUT2D eigenvalue weighted by molar-refractivity contribution is 0.0526. The smallest absolute Gasteiger partial charge is 0.338 e. The number of ether oxygens (including phenoxy) is 1. The Balaban J connectivity index is 3.23. The number of nitriles is 1. The third kappa shape index (κ3) is 2.58. The first-order valence-electron chi connectivity index (χ1n) is 4.59. The van der Waals surface area contributed by atoms with E-state index in [2.05, 4.69) is 15.9 Å². The predicted octanol–water partition coefficient (Wildman–Crippen LogP) is 2.77. The molecule has 0 unspecified atom stereocenters. The molecule has 0 aliphatic rings. The van der Waals surface area contributed by atoms with Gasteiger partial charge in [-0.2, -0.15) is 5.26 Å². The van der Waals surface area contributed by atoms with Gasteiger partial charge >= 0.3 is 5.97 Å². The highest BCUT2D eigenvalue weighted by molar-refractivity contribution is 9.08. The molecular weight excluding hydrogens is 277 g/mol. The van der Waals surface area contributed by atoms with E-state index in [-0.39, 0.29) is 28.6 Å². The molecule has 0 aromatic heterocycles. The Bertz CT molecular complexity index is 454. The van der Waals surface area contributed by atoms with Crippen molar-refractivity contribution in [3.05, 3.63) is 34.6 Å². The molecule has 0 bridgehead atoms. The molecule has 0 saturated heterocycles. The first-order valence-corrected chi connectivity index (χ1v) is 5.71. The molecule has 3 nitrogen and oxygen atoms in total. The fourth-order valence-corrected chi connectivity index (χ4v) is 1.60. The second kappa shape index (κ2) is 5.61. The summed E-state index contributed by atoms with van der Waals surface area (Å²) in [5.41, 5.74) is 0.302. The molecule has 0 N–H and O–H groups in total. The Hall–Kier alpha value is -1.41. The molecule has 16 heavy (non-hydrogen) atoms. The van der Waals surface area contributed by atoms with Crippen LogP contribution in [0.1, 0.15) is 28.4 Å². The van der Waals surface area contributed by atoms with E-state index in [4.69, 9.17) is 10.00 Å². The summed E-state index contributed by atoms with van der Waals surface area (Å²) in [6, 6.07) is 4.28. The van der Waals surface area contributed by atoms with Crippen LogP contribution < -0.4 is 0 Å². The quantitative estimate of drug-likeness (QED) is 0.634. The van der Waals surface area contributed by atoms with E-state index >= 15 is 0 Å². The van der Waals surface area contributed by atoms with Gasteiger partial charge in [0.1, 0.15) is 11.9 Å². The summed E-state index contributed by atoms with van der Waals surface area (Å²) in [5.74, 6) is -1.16. The van der Waals surface area contributed by atoms with Gasteiger partial charge in [0.15, 0.2) is 0 Å². The van der Waals surface area contributed by atoms with Crippen LogP contribution >= 0.6 is 15.9 Å². The third-order valence-corrected chi connectivity index (χ3v) is 2.53. The van der Waals surface area contributed by atoms with Crippen molar-refractivity contribution >= 4 is 21.9 Å². The molecule has 5 heteroatoms. The number of nitrogens with zero attached hydrogens (tertiary/aromatic N) is 1. The number of rotatable bonds is 3. The van der Waals surface area contributed by atoms with Gasteiger partial charge < -0.3 is 4.74 Å². The summed E-state index contributed by atoms with van der Waals surface area (Å²) in [7, 11) is 0. The maximum Gasteiger partial charge on any atom is 0.338 e. The molecule has 0 radical (unpaired) electrons. The van der Waals surface area contributed by atoms with Gasteiger partial charge in [-0.25, -0.2) is 9.18 Å². The van der Waals surface area contributed by atoms with Crippen LogP contribution in [0.2, 0.25) is 0 Å². The van der Waals surface area contributed by atoms with Crippen LogP contribution in [-0.2, 0) is 10.1 Å². The minimum absolute atomic E-state index is 0.153. The number of esters is 1. The average molecular weight is 286 g/mol. The van der Waals surface area contributed by atoms with Gasteiger partial charge in [-0.1, -0.05) is 15.9 Å². The van der Waals surface area contributed by atoms with Crippen molar-refractivity contribution in [3.63, 3.8) is 0 Å². The van der Waals surface area contributed by atoms with Gasteiger partial charge in [0, 0.05) is 10.9 Å². The first kappa shape index (κ1) is 12.7. The molecule has 0 aliphatic heterocycles. The van der Waals surface area contributed by atoms with Crippen molar-refractivity contribution in [2.45, 2.75) is 12.3 Å². The first-order chi connectivity index (χ1) is 7.63. The normalized spacial score (nSPS) is 9.62. The lowest BCUT2D eigenvalue weighted by Crippen LogP contribution is -2.07. The fourth-order valence-electron chi connectivity index (χ4n) is 1.20. The molecule has 0 atom stereocenters. The second-order valence-electron chi connectivity index (χ2n) is 2.96.